The zero-order valence-electron chi connectivity index (χ0n) is 11.7. The van der Waals surface area contributed by atoms with E-state index in [0.717, 1.165) is 13.0 Å². The number of nitrogens with zero attached hydrogens (tertiary/aromatic N) is 2. The molecule has 3 rings (SSSR count). The molecule has 1 saturated heterocycles. The second-order valence-corrected chi connectivity index (χ2v) is 7.83. The van der Waals surface area contributed by atoms with Crippen molar-refractivity contribution >= 4 is 20.7 Å². The van der Waals surface area contributed by atoms with Gasteiger partial charge in [-0.05, 0) is 18.1 Å². The molecule has 0 bridgehead atoms. The number of benzene rings is 1. The van der Waals surface area contributed by atoms with E-state index in [-0.39, 0.29) is 0 Å². The van der Waals surface area contributed by atoms with Crippen molar-refractivity contribution in [2.45, 2.75) is 6.42 Å². The molecule has 2 heterocycles. The van der Waals surface area contributed by atoms with E-state index in [2.05, 4.69) is 47.0 Å². The zero-order valence-corrected chi connectivity index (χ0v) is 12.6. The van der Waals surface area contributed by atoms with Crippen molar-refractivity contribution in [3.05, 3.63) is 36.0 Å². The Morgan fingerprint density at radius 2 is 1.85 bits per heavy atom. The monoisotopic (exact) mass is 292 g/mol. The van der Waals surface area contributed by atoms with Crippen LogP contribution in [0, 0.1) is 0 Å². The van der Waals surface area contributed by atoms with Crippen molar-refractivity contribution in [2.24, 2.45) is 7.05 Å². The molecule has 1 aromatic heterocycles. The van der Waals surface area contributed by atoms with Crippen LogP contribution in [0.3, 0.4) is 0 Å². The maximum atomic E-state index is 11.4. The van der Waals surface area contributed by atoms with Crippen LogP contribution < -0.4 is 0 Å². The van der Waals surface area contributed by atoms with Crippen molar-refractivity contribution < 1.29 is 8.42 Å². The molecule has 4 nitrogen and oxygen atoms in total. The van der Waals surface area contributed by atoms with Crippen LogP contribution in [0.5, 0.6) is 0 Å². The quantitative estimate of drug-likeness (QED) is 0.860. The second-order valence-electron chi connectivity index (χ2n) is 5.53. The van der Waals surface area contributed by atoms with Crippen LogP contribution in [0.2, 0.25) is 0 Å². The molecule has 2 aromatic rings. The van der Waals surface area contributed by atoms with E-state index in [1.807, 2.05) is 0 Å². The molecule has 1 aliphatic rings. The maximum absolute atomic E-state index is 11.4. The summed E-state index contributed by atoms with van der Waals surface area (Å²) in [6.07, 6.45) is 3.16. The van der Waals surface area contributed by atoms with Crippen LogP contribution in [0.4, 0.5) is 0 Å². The van der Waals surface area contributed by atoms with Crippen molar-refractivity contribution in [3.63, 3.8) is 0 Å². The molecular weight excluding hydrogens is 272 g/mol. The smallest absolute Gasteiger partial charge is 0.152 e. The van der Waals surface area contributed by atoms with Gasteiger partial charge in [0.1, 0.15) is 0 Å². The largest absolute Gasteiger partial charge is 0.350 e. The van der Waals surface area contributed by atoms with E-state index in [9.17, 15) is 8.42 Å². The lowest BCUT2D eigenvalue weighted by Crippen LogP contribution is -2.41. The first-order chi connectivity index (χ1) is 9.55. The fourth-order valence-electron chi connectivity index (χ4n) is 2.88. The Labute approximate surface area is 119 Å². The van der Waals surface area contributed by atoms with Crippen LogP contribution in [-0.2, 0) is 23.3 Å². The van der Waals surface area contributed by atoms with Gasteiger partial charge in [-0.2, -0.15) is 0 Å². The number of hydrogen-bond donors (Lipinski definition) is 0. The first-order valence-corrected chi connectivity index (χ1v) is 8.83. The minimum absolute atomic E-state index is 0.308. The topological polar surface area (TPSA) is 42.3 Å². The molecule has 20 heavy (non-hydrogen) atoms. The summed E-state index contributed by atoms with van der Waals surface area (Å²) in [4.78, 5) is 2.25. The predicted octanol–water partition coefficient (Wildman–Crippen LogP) is 1.45. The third kappa shape index (κ3) is 2.74. The van der Waals surface area contributed by atoms with Gasteiger partial charge >= 0.3 is 0 Å². The predicted molar refractivity (Wildman–Crippen MR) is 81.7 cm³/mol. The number of hydrogen-bond acceptors (Lipinski definition) is 3. The van der Waals surface area contributed by atoms with Gasteiger partial charge in [0, 0.05) is 43.8 Å². The summed E-state index contributed by atoms with van der Waals surface area (Å²) in [5.41, 5.74) is 2.60. The van der Waals surface area contributed by atoms with E-state index >= 15 is 0 Å². The lowest BCUT2D eigenvalue weighted by Gasteiger charge is -2.26. The third-order valence-electron chi connectivity index (χ3n) is 4.11. The van der Waals surface area contributed by atoms with Gasteiger partial charge in [0.15, 0.2) is 9.84 Å². The van der Waals surface area contributed by atoms with Crippen LogP contribution in [0.25, 0.3) is 10.9 Å². The van der Waals surface area contributed by atoms with Crippen LogP contribution in [-0.4, -0.2) is 49.0 Å². The normalized spacial score (nSPS) is 19.4. The molecule has 0 atom stereocenters. The Kier molecular flexibility index (Phi) is 3.56. The summed E-state index contributed by atoms with van der Waals surface area (Å²) >= 11 is 0. The average molecular weight is 292 g/mol. The highest BCUT2D eigenvalue weighted by molar-refractivity contribution is 7.91. The van der Waals surface area contributed by atoms with Crippen molar-refractivity contribution in [3.8, 4) is 0 Å². The summed E-state index contributed by atoms with van der Waals surface area (Å²) in [7, 11) is -0.706. The van der Waals surface area contributed by atoms with Gasteiger partial charge in [-0.3, -0.25) is 0 Å². The van der Waals surface area contributed by atoms with Crippen molar-refractivity contribution in [1.29, 1.82) is 0 Å². The standard InChI is InChI=1S/C15H20N2O2S/c1-16-12-13(14-4-2-3-5-15(14)16)6-7-17-8-10-20(18,19)11-9-17/h2-5,12H,6-11H2,1H3. The number of fused-ring (bicyclic) bond motifs is 1. The van der Waals surface area contributed by atoms with Gasteiger partial charge in [-0.15, -0.1) is 0 Å². The summed E-state index contributed by atoms with van der Waals surface area (Å²) in [5, 5.41) is 1.31. The molecular formula is C15H20N2O2S. The molecule has 0 spiro atoms. The number of aromatic nitrogens is 1. The van der Waals surface area contributed by atoms with Crippen LogP contribution >= 0.6 is 0 Å². The average Bonchev–Trinajstić information content (AvgIpc) is 2.75. The van der Waals surface area contributed by atoms with E-state index < -0.39 is 9.84 Å². The lowest BCUT2D eigenvalue weighted by atomic mass is 10.1. The molecule has 5 heteroatoms. The van der Waals surface area contributed by atoms with E-state index in [0.29, 0.717) is 24.6 Å². The summed E-state index contributed by atoms with van der Waals surface area (Å²) in [6.45, 7) is 2.28. The highest BCUT2D eigenvalue weighted by Gasteiger charge is 2.21. The minimum atomic E-state index is -2.77. The number of para-hydroxylation sites is 1. The summed E-state index contributed by atoms with van der Waals surface area (Å²) < 4.78 is 25.0. The fraction of sp³-hybridized carbons (Fsp3) is 0.467. The van der Waals surface area contributed by atoms with E-state index in [4.69, 9.17) is 0 Å². The van der Waals surface area contributed by atoms with Gasteiger partial charge in [-0.1, -0.05) is 18.2 Å². The first kappa shape index (κ1) is 13.6. The number of rotatable bonds is 3. The SMILES string of the molecule is Cn1cc(CCN2CCS(=O)(=O)CC2)c2ccccc21. The number of sulfone groups is 1. The Hall–Kier alpha value is -1.33. The first-order valence-electron chi connectivity index (χ1n) is 7.01. The van der Waals surface area contributed by atoms with Gasteiger partial charge in [0.2, 0.25) is 0 Å². The Morgan fingerprint density at radius 3 is 2.60 bits per heavy atom. The zero-order chi connectivity index (χ0) is 14.2. The van der Waals surface area contributed by atoms with E-state index in [1.54, 1.807) is 0 Å². The fourth-order valence-corrected chi connectivity index (χ4v) is 4.15. The second kappa shape index (κ2) is 5.22. The summed E-state index contributed by atoms with van der Waals surface area (Å²) in [6, 6.07) is 8.42. The highest BCUT2D eigenvalue weighted by atomic mass is 32.2. The molecule has 0 radical (unpaired) electrons. The van der Waals surface area contributed by atoms with Crippen molar-refractivity contribution in [2.75, 3.05) is 31.1 Å². The summed E-state index contributed by atoms with van der Waals surface area (Å²) in [5.74, 6) is 0.616. The third-order valence-corrected chi connectivity index (χ3v) is 5.72. The van der Waals surface area contributed by atoms with Crippen LogP contribution in [0.15, 0.2) is 30.5 Å². The van der Waals surface area contributed by atoms with E-state index in [1.165, 1.54) is 16.5 Å². The van der Waals surface area contributed by atoms with Gasteiger partial charge in [0.25, 0.3) is 0 Å². The molecule has 108 valence electrons. The minimum Gasteiger partial charge on any atom is -0.350 e. The Bertz CT molecular complexity index is 705. The highest BCUT2D eigenvalue weighted by Crippen LogP contribution is 2.21. The Morgan fingerprint density at radius 1 is 1.15 bits per heavy atom. The number of aryl methyl sites for hydroxylation is 1. The maximum Gasteiger partial charge on any atom is 0.152 e. The van der Waals surface area contributed by atoms with Crippen LogP contribution in [0.1, 0.15) is 5.56 Å². The van der Waals surface area contributed by atoms with Gasteiger partial charge in [0.05, 0.1) is 11.5 Å². The molecule has 1 fully saturated rings. The Balaban J connectivity index is 1.69. The molecule has 0 N–H and O–H groups in total. The molecule has 0 amide bonds. The molecule has 0 saturated carbocycles. The molecule has 1 aliphatic heterocycles. The van der Waals surface area contributed by atoms with Gasteiger partial charge in [-0.25, -0.2) is 8.42 Å². The molecule has 0 aliphatic carbocycles. The van der Waals surface area contributed by atoms with Gasteiger partial charge < -0.3 is 9.47 Å². The molecule has 1 aromatic carbocycles. The molecule has 0 unspecified atom stereocenters. The lowest BCUT2D eigenvalue weighted by molar-refractivity contribution is 0.299. The van der Waals surface area contributed by atoms with Crippen molar-refractivity contribution in [1.82, 2.24) is 9.47 Å².